The van der Waals surface area contributed by atoms with E-state index < -0.39 is 5.95 Å². The van der Waals surface area contributed by atoms with Gasteiger partial charge in [0.05, 0.1) is 12.8 Å². The highest BCUT2D eigenvalue weighted by molar-refractivity contribution is 5.61. The van der Waals surface area contributed by atoms with Crippen LogP contribution in [0, 0.1) is 11.9 Å². The second-order valence-electron chi connectivity index (χ2n) is 6.54. The molecule has 6 heteroatoms. The number of halogens is 1. The summed E-state index contributed by atoms with van der Waals surface area (Å²) in [4.78, 5) is 12.1. The molecule has 0 aliphatic carbocycles. The van der Waals surface area contributed by atoms with Crippen molar-refractivity contribution < 1.29 is 9.13 Å². The molecule has 5 nitrogen and oxygen atoms in total. The molecule has 0 aliphatic rings. The second-order valence-corrected chi connectivity index (χ2v) is 6.54. The second kappa shape index (κ2) is 8.58. The summed E-state index contributed by atoms with van der Waals surface area (Å²) in [6, 6.07) is 13.0. The van der Waals surface area contributed by atoms with Crippen LogP contribution in [0.3, 0.4) is 0 Å². The van der Waals surface area contributed by atoms with E-state index in [9.17, 15) is 4.39 Å². The molecule has 0 saturated carbocycles. The summed E-state index contributed by atoms with van der Waals surface area (Å²) in [6.07, 6.45) is 2.90. The number of hydrogen-bond acceptors (Lipinski definition) is 5. The van der Waals surface area contributed by atoms with Crippen LogP contribution >= 0.6 is 0 Å². The zero-order chi connectivity index (χ0) is 19.2. The van der Waals surface area contributed by atoms with Crippen LogP contribution in [0.25, 0.3) is 11.3 Å². The fraction of sp³-hybridized carbons (Fsp3) is 0.286. The molecule has 1 N–H and O–H groups in total. The molecule has 0 aliphatic heterocycles. The number of nitrogens with one attached hydrogen (secondary N) is 1. The van der Waals surface area contributed by atoms with E-state index in [4.69, 9.17) is 4.74 Å². The number of para-hydroxylation sites is 1. The number of nitrogens with zero attached hydrogens (tertiary/aromatic N) is 3. The van der Waals surface area contributed by atoms with Crippen molar-refractivity contribution in [3.8, 4) is 17.0 Å². The molecule has 3 aromatic rings. The lowest BCUT2D eigenvalue weighted by molar-refractivity contribution is 0.397. The normalized spacial score (nSPS) is 13.0. The van der Waals surface area contributed by atoms with E-state index in [0.29, 0.717) is 28.9 Å². The van der Waals surface area contributed by atoms with Gasteiger partial charge in [0, 0.05) is 30.4 Å². The van der Waals surface area contributed by atoms with Crippen molar-refractivity contribution >= 4 is 5.82 Å². The molecule has 2 aromatic heterocycles. The minimum Gasteiger partial charge on any atom is -0.496 e. The van der Waals surface area contributed by atoms with Gasteiger partial charge in [-0.2, -0.15) is 4.39 Å². The number of benzene rings is 1. The fourth-order valence-corrected chi connectivity index (χ4v) is 2.97. The predicted octanol–water partition coefficient (Wildman–Crippen LogP) is 4.54. The van der Waals surface area contributed by atoms with E-state index in [0.717, 1.165) is 12.3 Å². The molecule has 27 heavy (non-hydrogen) atoms. The summed E-state index contributed by atoms with van der Waals surface area (Å²) >= 11 is 0. The van der Waals surface area contributed by atoms with Gasteiger partial charge in [-0.25, -0.2) is 15.0 Å². The van der Waals surface area contributed by atoms with Crippen molar-refractivity contribution in [2.45, 2.75) is 19.8 Å². The van der Waals surface area contributed by atoms with Crippen LogP contribution in [0.5, 0.6) is 5.75 Å². The number of methoxy groups -OCH3 is 1. The summed E-state index contributed by atoms with van der Waals surface area (Å²) in [5.74, 6) is 1.74. The molecule has 140 valence electrons. The van der Waals surface area contributed by atoms with E-state index in [1.165, 1.54) is 24.2 Å². The van der Waals surface area contributed by atoms with E-state index in [1.54, 1.807) is 13.2 Å². The van der Waals surface area contributed by atoms with E-state index in [1.807, 2.05) is 24.3 Å². The maximum absolute atomic E-state index is 13.3. The Morgan fingerprint density at radius 1 is 1.07 bits per heavy atom. The third-order valence-corrected chi connectivity index (χ3v) is 4.78. The van der Waals surface area contributed by atoms with E-state index in [-0.39, 0.29) is 0 Å². The molecule has 0 amide bonds. The van der Waals surface area contributed by atoms with Gasteiger partial charge in [0.15, 0.2) is 0 Å². The molecular weight excluding hydrogens is 343 g/mol. The first-order valence-corrected chi connectivity index (χ1v) is 8.89. The number of rotatable bonds is 7. The average Bonchev–Trinajstić information content (AvgIpc) is 2.71. The SMILES string of the molecule is COc1ccccc1C(C)C(C)CNc1cc(-c2ccnc(F)c2)ncn1. The van der Waals surface area contributed by atoms with Crippen molar-refractivity contribution in [3.63, 3.8) is 0 Å². The van der Waals surface area contributed by atoms with E-state index in [2.05, 4.69) is 40.2 Å². The molecule has 0 fully saturated rings. The van der Waals surface area contributed by atoms with Gasteiger partial charge in [-0.05, 0) is 29.5 Å². The zero-order valence-corrected chi connectivity index (χ0v) is 15.7. The first kappa shape index (κ1) is 18.8. The fourth-order valence-electron chi connectivity index (χ4n) is 2.97. The number of anilines is 1. The molecule has 0 saturated heterocycles. The number of pyridine rings is 1. The lowest BCUT2D eigenvalue weighted by Crippen LogP contribution is -2.18. The van der Waals surface area contributed by atoms with Gasteiger partial charge >= 0.3 is 0 Å². The van der Waals surface area contributed by atoms with Crippen LogP contribution in [0.15, 0.2) is 55.0 Å². The molecule has 3 rings (SSSR count). The quantitative estimate of drug-likeness (QED) is 0.622. The summed E-state index contributed by atoms with van der Waals surface area (Å²) < 4.78 is 18.8. The first-order valence-electron chi connectivity index (χ1n) is 8.89. The Hall–Kier alpha value is -3.02. The van der Waals surface area contributed by atoms with Crippen LogP contribution in [0.2, 0.25) is 0 Å². The van der Waals surface area contributed by atoms with Gasteiger partial charge < -0.3 is 10.1 Å². The third-order valence-electron chi connectivity index (χ3n) is 4.78. The summed E-state index contributed by atoms with van der Waals surface area (Å²) in [7, 11) is 1.69. The van der Waals surface area contributed by atoms with Crippen LogP contribution in [-0.4, -0.2) is 28.6 Å². The predicted molar refractivity (Wildman–Crippen MR) is 104 cm³/mol. The van der Waals surface area contributed by atoms with Crippen molar-refractivity contribution in [1.29, 1.82) is 0 Å². The van der Waals surface area contributed by atoms with Gasteiger partial charge in [0.1, 0.15) is 17.9 Å². The monoisotopic (exact) mass is 366 g/mol. The topological polar surface area (TPSA) is 59.9 Å². The highest BCUT2D eigenvalue weighted by Crippen LogP contribution is 2.31. The Kier molecular flexibility index (Phi) is 5.96. The lowest BCUT2D eigenvalue weighted by Gasteiger charge is -2.23. The van der Waals surface area contributed by atoms with Gasteiger partial charge in [-0.3, -0.25) is 0 Å². The minimum atomic E-state index is -0.528. The highest BCUT2D eigenvalue weighted by atomic mass is 19.1. The highest BCUT2D eigenvalue weighted by Gasteiger charge is 2.18. The van der Waals surface area contributed by atoms with Gasteiger partial charge in [-0.1, -0.05) is 32.0 Å². The number of aromatic nitrogens is 3. The summed E-state index contributed by atoms with van der Waals surface area (Å²) in [5, 5.41) is 3.36. The Balaban J connectivity index is 1.68. The summed E-state index contributed by atoms with van der Waals surface area (Å²) in [5.41, 5.74) is 2.51. The zero-order valence-electron chi connectivity index (χ0n) is 15.7. The van der Waals surface area contributed by atoms with Crippen LogP contribution in [0.1, 0.15) is 25.3 Å². The van der Waals surface area contributed by atoms with Crippen LogP contribution in [0.4, 0.5) is 10.2 Å². The molecule has 2 atom stereocenters. The van der Waals surface area contributed by atoms with Gasteiger partial charge in [0.25, 0.3) is 0 Å². The third kappa shape index (κ3) is 4.58. The Morgan fingerprint density at radius 3 is 2.67 bits per heavy atom. The standard InChI is InChI=1S/C21H23FN4O/c1-14(15(2)17-6-4-5-7-19(17)27-3)12-24-21-11-18(25-13-26-21)16-8-9-23-20(22)10-16/h4-11,13-15H,12H2,1-3H3,(H,24,25,26). The maximum atomic E-state index is 13.3. The lowest BCUT2D eigenvalue weighted by atomic mass is 9.88. The maximum Gasteiger partial charge on any atom is 0.213 e. The minimum absolute atomic E-state index is 0.309. The molecule has 2 unspecified atom stereocenters. The summed E-state index contributed by atoms with van der Waals surface area (Å²) in [6.45, 7) is 5.11. The smallest absolute Gasteiger partial charge is 0.213 e. The molecule has 2 heterocycles. The number of ether oxygens (including phenoxy) is 1. The Morgan fingerprint density at radius 2 is 1.89 bits per heavy atom. The number of hydrogen-bond donors (Lipinski definition) is 1. The Labute approximate surface area is 158 Å². The van der Waals surface area contributed by atoms with Gasteiger partial charge in [-0.15, -0.1) is 0 Å². The van der Waals surface area contributed by atoms with Gasteiger partial charge in [0.2, 0.25) is 5.95 Å². The molecule has 0 bridgehead atoms. The molecule has 1 aromatic carbocycles. The van der Waals surface area contributed by atoms with Crippen LogP contribution in [-0.2, 0) is 0 Å². The van der Waals surface area contributed by atoms with E-state index >= 15 is 0 Å². The van der Waals surface area contributed by atoms with Crippen molar-refractivity contribution in [3.05, 3.63) is 66.5 Å². The Bertz CT molecular complexity index is 903. The van der Waals surface area contributed by atoms with Crippen LogP contribution < -0.4 is 10.1 Å². The molecule has 0 spiro atoms. The van der Waals surface area contributed by atoms with Crippen molar-refractivity contribution in [2.75, 3.05) is 19.0 Å². The molecule has 0 radical (unpaired) electrons. The average molecular weight is 366 g/mol. The van der Waals surface area contributed by atoms with Crippen molar-refractivity contribution in [2.24, 2.45) is 5.92 Å². The molecular formula is C21H23FN4O. The van der Waals surface area contributed by atoms with Crippen molar-refractivity contribution in [1.82, 2.24) is 15.0 Å². The largest absolute Gasteiger partial charge is 0.496 e. The first-order chi connectivity index (χ1) is 13.1.